The van der Waals surface area contributed by atoms with Crippen LogP contribution in [0.15, 0.2) is 0 Å². The van der Waals surface area contributed by atoms with E-state index >= 15 is 0 Å². The van der Waals surface area contributed by atoms with Crippen molar-refractivity contribution < 1.29 is 5.11 Å². The van der Waals surface area contributed by atoms with Gasteiger partial charge in [-0.15, -0.1) is 12.3 Å². The van der Waals surface area contributed by atoms with Gasteiger partial charge in [-0.1, -0.05) is 0 Å². The molecule has 0 aromatic carbocycles. The van der Waals surface area contributed by atoms with Gasteiger partial charge in [0, 0.05) is 19.0 Å². The summed E-state index contributed by atoms with van der Waals surface area (Å²) < 4.78 is 0. The number of terminal acetylenes is 1. The Balaban J connectivity index is 1.92. The summed E-state index contributed by atoms with van der Waals surface area (Å²) in [6.45, 7) is 2.29. The van der Waals surface area contributed by atoms with Crippen molar-refractivity contribution in [1.29, 1.82) is 0 Å². The molecular weight excluding hydrogens is 174 g/mol. The van der Waals surface area contributed by atoms with Crippen molar-refractivity contribution in [3.8, 4) is 12.3 Å². The maximum Gasteiger partial charge on any atom is 0.0684 e. The van der Waals surface area contributed by atoms with Crippen LogP contribution in [-0.2, 0) is 0 Å². The first-order valence-electron chi connectivity index (χ1n) is 5.63. The molecule has 0 spiro atoms. The lowest BCUT2D eigenvalue weighted by atomic mass is 9.83. The van der Waals surface area contributed by atoms with Gasteiger partial charge in [-0.2, -0.15) is 0 Å². The predicted octanol–water partition coefficient (Wildman–Crippen LogP) is 1.39. The van der Waals surface area contributed by atoms with Crippen LogP contribution in [0.2, 0.25) is 0 Å². The van der Waals surface area contributed by atoms with Crippen molar-refractivity contribution in [2.45, 2.75) is 50.2 Å². The third-order valence-electron chi connectivity index (χ3n) is 3.71. The van der Waals surface area contributed by atoms with Gasteiger partial charge in [-0.05, 0) is 38.6 Å². The smallest absolute Gasteiger partial charge is 0.0684 e. The molecule has 0 amide bonds. The Morgan fingerprint density at radius 2 is 2.36 bits per heavy atom. The van der Waals surface area contributed by atoms with Crippen molar-refractivity contribution >= 4 is 0 Å². The van der Waals surface area contributed by atoms with Crippen LogP contribution in [0.4, 0.5) is 0 Å². The zero-order valence-electron chi connectivity index (χ0n) is 8.71. The van der Waals surface area contributed by atoms with Crippen LogP contribution >= 0.6 is 0 Å². The fraction of sp³-hybridized carbons (Fsp3) is 0.833. The number of rotatable bonds is 2. The second kappa shape index (κ2) is 3.92. The molecule has 14 heavy (non-hydrogen) atoms. The fourth-order valence-electron chi connectivity index (χ4n) is 2.84. The number of hydrogen-bond acceptors (Lipinski definition) is 2. The maximum absolute atomic E-state index is 10.3. The van der Waals surface area contributed by atoms with E-state index in [4.69, 9.17) is 6.42 Å². The largest absolute Gasteiger partial charge is 0.390 e. The molecule has 2 fully saturated rings. The summed E-state index contributed by atoms with van der Waals surface area (Å²) in [6, 6.07) is 0.631. The van der Waals surface area contributed by atoms with Gasteiger partial charge < -0.3 is 10.0 Å². The molecule has 0 saturated carbocycles. The van der Waals surface area contributed by atoms with Crippen LogP contribution in [-0.4, -0.2) is 34.7 Å². The molecule has 1 N–H and O–H groups in total. The van der Waals surface area contributed by atoms with E-state index in [2.05, 4.69) is 10.8 Å². The standard InChI is InChI=1S/C12H19NO/c1-2-3-6-12(14)7-9-13-8-4-5-11(13)10-12/h1,11,14H,3-10H2. The average Bonchev–Trinajstić information content (AvgIpc) is 2.61. The molecule has 2 heteroatoms. The van der Waals surface area contributed by atoms with Gasteiger partial charge in [0.1, 0.15) is 0 Å². The van der Waals surface area contributed by atoms with Crippen molar-refractivity contribution in [3.05, 3.63) is 0 Å². The number of nitrogens with zero attached hydrogens (tertiary/aromatic N) is 1. The molecule has 2 unspecified atom stereocenters. The van der Waals surface area contributed by atoms with Crippen LogP contribution in [0.25, 0.3) is 0 Å². The topological polar surface area (TPSA) is 23.5 Å². The van der Waals surface area contributed by atoms with Gasteiger partial charge in [0.15, 0.2) is 0 Å². The van der Waals surface area contributed by atoms with Gasteiger partial charge in [-0.25, -0.2) is 0 Å². The Hall–Kier alpha value is -0.520. The Kier molecular flexibility index (Phi) is 2.80. The third-order valence-corrected chi connectivity index (χ3v) is 3.71. The minimum Gasteiger partial charge on any atom is -0.390 e. The molecule has 0 bridgehead atoms. The van der Waals surface area contributed by atoms with Gasteiger partial charge in [0.05, 0.1) is 5.60 Å². The highest BCUT2D eigenvalue weighted by molar-refractivity contribution is 4.97. The Bertz CT molecular complexity index is 245. The molecule has 0 aromatic heterocycles. The summed E-state index contributed by atoms with van der Waals surface area (Å²) in [5.41, 5.74) is -0.460. The lowest BCUT2D eigenvalue weighted by Gasteiger charge is -2.40. The summed E-state index contributed by atoms with van der Waals surface area (Å²) in [6.07, 6.45) is 11.1. The van der Waals surface area contributed by atoms with E-state index < -0.39 is 5.60 Å². The number of aliphatic hydroxyl groups is 1. The summed E-state index contributed by atoms with van der Waals surface area (Å²) in [5.74, 6) is 2.63. The molecule has 0 aromatic rings. The molecule has 0 aliphatic carbocycles. The molecule has 2 aliphatic rings. The molecule has 2 aliphatic heterocycles. The Morgan fingerprint density at radius 3 is 3.14 bits per heavy atom. The lowest BCUT2D eigenvalue weighted by Crippen LogP contribution is -2.47. The summed E-state index contributed by atoms with van der Waals surface area (Å²) in [5, 5.41) is 10.3. The summed E-state index contributed by atoms with van der Waals surface area (Å²) in [7, 11) is 0. The number of hydrogen-bond donors (Lipinski definition) is 1. The second-order valence-electron chi connectivity index (χ2n) is 4.71. The summed E-state index contributed by atoms with van der Waals surface area (Å²) in [4.78, 5) is 2.52. The van der Waals surface area contributed by atoms with Gasteiger partial charge in [-0.3, -0.25) is 0 Å². The number of fused-ring (bicyclic) bond motifs is 1. The molecular formula is C12H19NO. The van der Waals surface area contributed by atoms with Crippen molar-refractivity contribution in [3.63, 3.8) is 0 Å². The van der Waals surface area contributed by atoms with E-state index in [9.17, 15) is 5.11 Å². The van der Waals surface area contributed by atoms with E-state index in [1.54, 1.807) is 0 Å². The Morgan fingerprint density at radius 1 is 1.50 bits per heavy atom. The zero-order valence-corrected chi connectivity index (χ0v) is 8.71. The lowest BCUT2D eigenvalue weighted by molar-refractivity contribution is -0.0408. The predicted molar refractivity (Wildman–Crippen MR) is 56.8 cm³/mol. The molecule has 2 heterocycles. The number of piperidine rings is 1. The monoisotopic (exact) mass is 193 g/mol. The Labute approximate surface area is 86.3 Å². The van der Waals surface area contributed by atoms with Crippen LogP contribution in [0.5, 0.6) is 0 Å². The summed E-state index contributed by atoms with van der Waals surface area (Å²) >= 11 is 0. The normalized spacial score (nSPS) is 37.9. The first kappa shape index (κ1) is 10.0. The highest BCUT2D eigenvalue weighted by atomic mass is 16.3. The van der Waals surface area contributed by atoms with Gasteiger partial charge in [0.25, 0.3) is 0 Å². The SMILES string of the molecule is C#CCCC1(O)CCN2CCCC2C1. The highest BCUT2D eigenvalue weighted by Gasteiger charge is 2.39. The van der Waals surface area contributed by atoms with Crippen LogP contribution in [0, 0.1) is 12.3 Å². The molecule has 2 atom stereocenters. The highest BCUT2D eigenvalue weighted by Crippen LogP contribution is 2.35. The van der Waals surface area contributed by atoms with E-state index in [0.29, 0.717) is 12.5 Å². The van der Waals surface area contributed by atoms with Crippen molar-refractivity contribution in [2.24, 2.45) is 0 Å². The van der Waals surface area contributed by atoms with Crippen molar-refractivity contribution in [1.82, 2.24) is 4.90 Å². The molecule has 78 valence electrons. The molecule has 0 radical (unpaired) electrons. The van der Waals surface area contributed by atoms with E-state index in [-0.39, 0.29) is 0 Å². The quantitative estimate of drug-likeness (QED) is 0.670. The van der Waals surface area contributed by atoms with Crippen molar-refractivity contribution in [2.75, 3.05) is 13.1 Å². The van der Waals surface area contributed by atoms with Gasteiger partial charge in [0.2, 0.25) is 0 Å². The minimum atomic E-state index is -0.460. The molecule has 2 saturated heterocycles. The van der Waals surface area contributed by atoms with Crippen LogP contribution in [0.1, 0.15) is 38.5 Å². The van der Waals surface area contributed by atoms with Crippen LogP contribution in [0.3, 0.4) is 0 Å². The van der Waals surface area contributed by atoms with E-state index in [1.807, 2.05) is 0 Å². The average molecular weight is 193 g/mol. The molecule has 2 nitrogen and oxygen atoms in total. The molecule has 2 rings (SSSR count). The zero-order chi connectivity index (χ0) is 10.0. The van der Waals surface area contributed by atoms with Gasteiger partial charge >= 0.3 is 0 Å². The third kappa shape index (κ3) is 1.94. The second-order valence-corrected chi connectivity index (χ2v) is 4.71. The van der Waals surface area contributed by atoms with E-state index in [0.717, 1.165) is 25.8 Å². The first-order chi connectivity index (χ1) is 6.73. The van der Waals surface area contributed by atoms with Crippen LogP contribution < -0.4 is 0 Å². The maximum atomic E-state index is 10.3. The first-order valence-corrected chi connectivity index (χ1v) is 5.63. The van der Waals surface area contributed by atoms with E-state index in [1.165, 1.54) is 19.4 Å². The fourth-order valence-corrected chi connectivity index (χ4v) is 2.84. The minimum absolute atomic E-state index is 0.460.